The van der Waals surface area contributed by atoms with Crippen LogP contribution in [0.1, 0.15) is 26.2 Å². The third-order valence-corrected chi connectivity index (χ3v) is 2.82. The highest BCUT2D eigenvalue weighted by Crippen LogP contribution is 2.35. The quantitative estimate of drug-likeness (QED) is 0.492. The Morgan fingerprint density at radius 3 is 2.27 bits per heavy atom. The lowest BCUT2D eigenvalue weighted by Gasteiger charge is -2.18. The Morgan fingerprint density at radius 1 is 1.33 bits per heavy atom. The number of ketones is 1. The van der Waals surface area contributed by atoms with Gasteiger partial charge in [-0.15, -0.1) is 0 Å². The summed E-state index contributed by atoms with van der Waals surface area (Å²) in [6, 6.07) is 0. The van der Waals surface area contributed by atoms with Gasteiger partial charge in [-0.1, -0.05) is 6.92 Å². The van der Waals surface area contributed by atoms with E-state index in [1.165, 1.54) is 14.2 Å². The van der Waals surface area contributed by atoms with E-state index in [0.717, 1.165) is 12.8 Å². The molecule has 0 amide bonds. The summed E-state index contributed by atoms with van der Waals surface area (Å²) in [6.07, 6.45) is 2.08. The Labute approximate surface area is 89.9 Å². The van der Waals surface area contributed by atoms with Gasteiger partial charge in [-0.3, -0.25) is 9.59 Å². The summed E-state index contributed by atoms with van der Waals surface area (Å²) in [7, 11) is 2.82. The Balaban J connectivity index is 2.65. The minimum absolute atomic E-state index is 0.130. The first-order valence-electron chi connectivity index (χ1n) is 5.30. The predicted molar refractivity (Wildman–Crippen MR) is 54.3 cm³/mol. The smallest absolute Gasteiger partial charge is 0.316 e. The van der Waals surface area contributed by atoms with Crippen molar-refractivity contribution >= 4 is 11.8 Å². The molecule has 0 N–H and O–H groups in total. The largest absolute Gasteiger partial charge is 0.468 e. The Kier molecular flexibility index (Phi) is 4.27. The molecule has 0 aromatic rings. The zero-order valence-electron chi connectivity index (χ0n) is 9.49. The number of ether oxygens (including phenoxy) is 2. The summed E-state index contributed by atoms with van der Waals surface area (Å²) >= 11 is 0. The molecule has 0 bridgehead atoms. The number of hydrogen-bond acceptors (Lipinski definition) is 4. The molecule has 1 aliphatic rings. The second kappa shape index (κ2) is 5.26. The second-order valence-corrected chi connectivity index (χ2v) is 3.88. The predicted octanol–water partition coefficient (Wildman–Crippen LogP) is 1.18. The lowest BCUT2D eigenvalue weighted by atomic mass is 9.95. The zero-order chi connectivity index (χ0) is 11.4. The summed E-state index contributed by atoms with van der Waals surface area (Å²) in [4.78, 5) is 23.3. The average molecular weight is 214 g/mol. The van der Waals surface area contributed by atoms with E-state index < -0.39 is 18.0 Å². The normalized spacial score (nSPS) is 19.4. The summed E-state index contributed by atoms with van der Waals surface area (Å²) < 4.78 is 9.76. The van der Waals surface area contributed by atoms with Crippen LogP contribution in [0.2, 0.25) is 0 Å². The number of Topliss-reactive ketones (excluding diaryl/α,β-unsaturated/α-hetero) is 1. The van der Waals surface area contributed by atoms with Crippen LogP contribution in [0.25, 0.3) is 0 Å². The monoisotopic (exact) mass is 214 g/mol. The van der Waals surface area contributed by atoms with Crippen LogP contribution >= 0.6 is 0 Å². The highest BCUT2D eigenvalue weighted by atomic mass is 16.5. The summed E-state index contributed by atoms with van der Waals surface area (Å²) in [5.74, 6) is -0.943. The molecular weight excluding hydrogens is 196 g/mol. The van der Waals surface area contributed by atoms with Crippen LogP contribution < -0.4 is 0 Å². The number of rotatable bonds is 6. The molecule has 0 radical (unpaired) electrons. The van der Waals surface area contributed by atoms with Gasteiger partial charge >= 0.3 is 5.97 Å². The van der Waals surface area contributed by atoms with Crippen molar-refractivity contribution in [3.05, 3.63) is 0 Å². The molecule has 2 unspecified atom stereocenters. The van der Waals surface area contributed by atoms with Gasteiger partial charge in [0.15, 0.2) is 5.78 Å². The first-order chi connectivity index (χ1) is 7.15. The standard InChI is InChI=1S/C11H18O4/c1-4-8(11(13)15-3)9(12)10(14-2)7-5-6-7/h7-8,10H,4-6H2,1-3H3. The summed E-state index contributed by atoms with van der Waals surface area (Å²) in [6.45, 7) is 1.80. The maximum Gasteiger partial charge on any atom is 0.316 e. The van der Waals surface area contributed by atoms with Gasteiger partial charge in [-0.2, -0.15) is 0 Å². The fourth-order valence-corrected chi connectivity index (χ4v) is 1.76. The highest BCUT2D eigenvalue weighted by Gasteiger charge is 2.41. The number of esters is 1. The van der Waals surface area contributed by atoms with Crippen molar-refractivity contribution in [3.63, 3.8) is 0 Å². The van der Waals surface area contributed by atoms with E-state index in [1.54, 1.807) is 6.92 Å². The first kappa shape index (κ1) is 12.2. The fourth-order valence-electron chi connectivity index (χ4n) is 1.76. The van der Waals surface area contributed by atoms with E-state index in [4.69, 9.17) is 4.74 Å². The maximum atomic E-state index is 12.0. The minimum atomic E-state index is -0.666. The molecular formula is C11H18O4. The highest BCUT2D eigenvalue weighted by molar-refractivity contribution is 6.01. The molecule has 0 aromatic carbocycles. The molecule has 86 valence electrons. The van der Waals surface area contributed by atoms with Crippen LogP contribution in [-0.4, -0.2) is 32.1 Å². The third-order valence-electron chi connectivity index (χ3n) is 2.82. The van der Waals surface area contributed by atoms with Crippen molar-refractivity contribution in [3.8, 4) is 0 Å². The molecule has 0 heterocycles. The molecule has 4 nitrogen and oxygen atoms in total. The van der Waals surface area contributed by atoms with E-state index in [1.807, 2.05) is 0 Å². The van der Waals surface area contributed by atoms with Crippen LogP contribution in [0.3, 0.4) is 0 Å². The molecule has 0 saturated heterocycles. The molecule has 1 aliphatic carbocycles. The van der Waals surface area contributed by atoms with Crippen LogP contribution in [0, 0.1) is 11.8 Å². The van der Waals surface area contributed by atoms with Crippen molar-refractivity contribution in [2.45, 2.75) is 32.3 Å². The van der Waals surface area contributed by atoms with Crippen LogP contribution in [-0.2, 0) is 19.1 Å². The first-order valence-corrected chi connectivity index (χ1v) is 5.30. The van der Waals surface area contributed by atoms with Gasteiger partial charge in [-0.05, 0) is 25.2 Å². The van der Waals surface area contributed by atoms with Gasteiger partial charge in [0.1, 0.15) is 12.0 Å². The average Bonchev–Trinajstić information content (AvgIpc) is 3.04. The van der Waals surface area contributed by atoms with Crippen molar-refractivity contribution in [2.75, 3.05) is 14.2 Å². The minimum Gasteiger partial charge on any atom is -0.468 e. The molecule has 0 aliphatic heterocycles. The van der Waals surface area contributed by atoms with Gasteiger partial charge in [0.2, 0.25) is 0 Å². The molecule has 1 fully saturated rings. The van der Waals surface area contributed by atoms with Crippen LogP contribution in [0.4, 0.5) is 0 Å². The summed E-state index contributed by atoms with van der Waals surface area (Å²) in [5.41, 5.74) is 0. The van der Waals surface area contributed by atoms with E-state index in [2.05, 4.69) is 4.74 Å². The Hall–Kier alpha value is -0.900. The lowest BCUT2D eigenvalue weighted by molar-refractivity contribution is -0.153. The van der Waals surface area contributed by atoms with E-state index in [-0.39, 0.29) is 5.78 Å². The third kappa shape index (κ3) is 2.78. The molecule has 4 heteroatoms. The SMILES string of the molecule is CCC(C(=O)OC)C(=O)C(OC)C1CC1. The van der Waals surface area contributed by atoms with E-state index in [0.29, 0.717) is 12.3 Å². The Bertz CT molecular complexity index is 245. The number of carbonyl (C=O) groups excluding carboxylic acids is 2. The molecule has 1 saturated carbocycles. The summed E-state index contributed by atoms with van der Waals surface area (Å²) in [5, 5.41) is 0. The van der Waals surface area contributed by atoms with Gasteiger partial charge in [0.05, 0.1) is 7.11 Å². The van der Waals surface area contributed by atoms with E-state index in [9.17, 15) is 9.59 Å². The zero-order valence-corrected chi connectivity index (χ0v) is 9.49. The number of carbonyl (C=O) groups is 2. The molecule has 15 heavy (non-hydrogen) atoms. The fraction of sp³-hybridized carbons (Fsp3) is 0.818. The molecule has 0 aromatic heterocycles. The molecule has 2 atom stereocenters. The van der Waals surface area contributed by atoms with Gasteiger partial charge < -0.3 is 9.47 Å². The maximum absolute atomic E-state index is 12.0. The molecule has 0 spiro atoms. The second-order valence-electron chi connectivity index (χ2n) is 3.88. The van der Waals surface area contributed by atoms with Gasteiger partial charge in [-0.25, -0.2) is 0 Å². The van der Waals surface area contributed by atoms with Gasteiger partial charge in [0.25, 0.3) is 0 Å². The van der Waals surface area contributed by atoms with Crippen molar-refractivity contribution < 1.29 is 19.1 Å². The van der Waals surface area contributed by atoms with Crippen LogP contribution in [0.5, 0.6) is 0 Å². The Morgan fingerprint density at radius 2 is 1.93 bits per heavy atom. The van der Waals surface area contributed by atoms with Gasteiger partial charge in [0, 0.05) is 7.11 Å². The lowest BCUT2D eigenvalue weighted by Crippen LogP contribution is -2.36. The topological polar surface area (TPSA) is 52.6 Å². The molecule has 1 rings (SSSR count). The van der Waals surface area contributed by atoms with Crippen molar-refractivity contribution in [2.24, 2.45) is 11.8 Å². The van der Waals surface area contributed by atoms with Crippen LogP contribution in [0.15, 0.2) is 0 Å². The van der Waals surface area contributed by atoms with Crippen molar-refractivity contribution in [1.29, 1.82) is 0 Å². The number of hydrogen-bond donors (Lipinski definition) is 0. The van der Waals surface area contributed by atoms with E-state index >= 15 is 0 Å². The van der Waals surface area contributed by atoms with Crippen molar-refractivity contribution in [1.82, 2.24) is 0 Å². The number of methoxy groups -OCH3 is 2.